The fourth-order valence-electron chi connectivity index (χ4n) is 3.65. The first-order valence-electron chi connectivity index (χ1n) is 8.78. The number of carbonyl (C=O) groups excluding carboxylic acids is 1. The summed E-state index contributed by atoms with van der Waals surface area (Å²) in [6.07, 6.45) is 5.26. The Morgan fingerprint density at radius 3 is 2.65 bits per heavy atom. The van der Waals surface area contributed by atoms with Gasteiger partial charge in [0.2, 0.25) is 0 Å². The van der Waals surface area contributed by atoms with Crippen LogP contribution in [0, 0.1) is 5.82 Å². The topological polar surface area (TPSA) is 59.2 Å². The molecule has 1 unspecified atom stereocenters. The third-order valence-corrected chi connectivity index (χ3v) is 5.18. The lowest BCUT2D eigenvalue weighted by atomic mass is 9.99. The van der Waals surface area contributed by atoms with E-state index in [1.54, 1.807) is 6.07 Å². The summed E-state index contributed by atoms with van der Waals surface area (Å²) in [4.78, 5) is 19.7. The van der Waals surface area contributed by atoms with Gasteiger partial charge >= 0.3 is 0 Å². The first kappa shape index (κ1) is 20.9. The number of fused-ring (bicyclic) bond motifs is 1. The van der Waals surface area contributed by atoms with E-state index < -0.39 is 0 Å². The normalized spacial score (nSPS) is 19.6. The number of likely N-dealkylation sites (tertiary alicyclic amines) is 1. The molecule has 0 radical (unpaired) electrons. The molecule has 1 saturated heterocycles. The van der Waals surface area contributed by atoms with Crippen LogP contribution in [0.2, 0.25) is 0 Å². The Kier molecular flexibility index (Phi) is 6.83. The maximum atomic E-state index is 13.8. The first-order valence-corrected chi connectivity index (χ1v) is 8.78. The second-order valence-corrected chi connectivity index (χ2v) is 6.91. The monoisotopic (exact) mass is 399 g/mol. The van der Waals surface area contributed by atoms with Crippen molar-refractivity contribution < 1.29 is 9.18 Å². The number of benzene rings is 1. The van der Waals surface area contributed by atoms with Crippen LogP contribution in [-0.4, -0.2) is 34.9 Å². The fraction of sp³-hybridized carbons (Fsp3) is 0.474. The molecule has 1 aliphatic carbocycles. The second-order valence-electron chi connectivity index (χ2n) is 6.91. The molecule has 1 saturated carbocycles. The molecule has 0 spiro atoms. The number of nitrogens with two attached hydrogens (primary N) is 1. The van der Waals surface area contributed by atoms with E-state index in [9.17, 15) is 9.18 Å². The molecule has 4 nitrogen and oxygen atoms in total. The molecule has 1 aliphatic heterocycles. The maximum absolute atomic E-state index is 13.8. The first-order chi connectivity index (χ1) is 11.7. The van der Waals surface area contributed by atoms with Gasteiger partial charge in [-0.2, -0.15) is 0 Å². The van der Waals surface area contributed by atoms with Crippen molar-refractivity contribution in [2.75, 3.05) is 13.1 Å². The molecular weight excluding hydrogens is 376 g/mol. The summed E-state index contributed by atoms with van der Waals surface area (Å²) in [5.41, 5.74) is 8.10. The number of carbonyl (C=O) groups is 1. The molecule has 1 atom stereocenters. The fourth-order valence-corrected chi connectivity index (χ4v) is 3.65. The summed E-state index contributed by atoms with van der Waals surface area (Å²) >= 11 is 0. The highest BCUT2D eigenvalue weighted by Crippen LogP contribution is 2.40. The van der Waals surface area contributed by atoms with Crippen LogP contribution in [0.4, 0.5) is 4.39 Å². The maximum Gasteiger partial charge on any atom is 0.254 e. The van der Waals surface area contributed by atoms with Gasteiger partial charge in [0.25, 0.3) is 5.91 Å². The van der Waals surface area contributed by atoms with Gasteiger partial charge in [-0.1, -0.05) is 0 Å². The van der Waals surface area contributed by atoms with Gasteiger partial charge in [-0.05, 0) is 56.4 Å². The molecule has 142 valence electrons. The van der Waals surface area contributed by atoms with Gasteiger partial charge in [0.15, 0.2) is 0 Å². The van der Waals surface area contributed by atoms with Crippen molar-refractivity contribution in [3.8, 4) is 0 Å². The molecule has 2 aromatic rings. The zero-order chi connectivity index (χ0) is 16.7. The standard InChI is InChI=1S/C19H22FN3O.2ClH/c20-13-6-7-17-15(9-13)16(10-18(22-17)12-4-5-12)19(24)23-8-2-1-3-14(23)11-21;;/h6-7,9-10,12,14H,1-5,8,11,21H2;2*1H. The Balaban J connectivity index is 0.00000121. The third kappa shape index (κ3) is 3.95. The molecule has 7 heteroatoms. The average molecular weight is 400 g/mol. The van der Waals surface area contributed by atoms with Crippen LogP contribution in [0.3, 0.4) is 0 Å². The minimum atomic E-state index is -0.341. The highest BCUT2D eigenvalue weighted by atomic mass is 35.5. The lowest BCUT2D eigenvalue weighted by Gasteiger charge is -2.35. The average Bonchev–Trinajstić information content (AvgIpc) is 3.45. The quantitative estimate of drug-likeness (QED) is 0.846. The Morgan fingerprint density at radius 2 is 1.96 bits per heavy atom. The van der Waals surface area contributed by atoms with E-state index in [4.69, 9.17) is 5.73 Å². The highest BCUT2D eigenvalue weighted by Gasteiger charge is 2.30. The number of piperidine rings is 1. The molecule has 26 heavy (non-hydrogen) atoms. The summed E-state index contributed by atoms with van der Waals surface area (Å²) in [6.45, 7) is 1.19. The molecule has 4 rings (SSSR count). The van der Waals surface area contributed by atoms with Crippen LogP contribution in [0.25, 0.3) is 10.9 Å². The van der Waals surface area contributed by atoms with E-state index in [-0.39, 0.29) is 42.6 Å². The van der Waals surface area contributed by atoms with Crippen molar-refractivity contribution in [1.29, 1.82) is 0 Å². The van der Waals surface area contributed by atoms with Gasteiger partial charge < -0.3 is 10.6 Å². The number of hydrogen-bond acceptors (Lipinski definition) is 3. The molecule has 1 aromatic carbocycles. The van der Waals surface area contributed by atoms with Gasteiger partial charge in [0.05, 0.1) is 11.1 Å². The second kappa shape index (κ2) is 8.51. The number of aromatic nitrogens is 1. The zero-order valence-corrected chi connectivity index (χ0v) is 16.1. The van der Waals surface area contributed by atoms with Gasteiger partial charge in [0.1, 0.15) is 5.82 Å². The van der Waals surface area contributed by atoms with Crippen molar-refractivity contribution in [3.63, 3.8) is 0 Å². The largest absolute Gasteiger partial charge is 0.334 e. The molecule has 2 aliphatic rings. The third-order valence-electron chi connectivity index (χ3n) is 5.18. The molecule has 2 fully saturated rings. The Labute approximate surface area is 165 Å². The lowest BCUT2D eigenvalue weighted by molar-refractivity contribution is 0.0625. The Morgan fingerprint density at radius 1 is 1.19 bits per heavy atom. The van der Waals surface area contributed by atoms with Crippen LogP contribution in [0.1, 0.15) is 54.1 Å². The number of amides is 1. The predicted molar refractivity (Wildman–Crippen MR) is 106 cm³/mol. The van der Waals surface area contributed by atoms with Crippen LogP contribution in [0.5, 0.6) is 0 Å². The smallest absolute Gasteiger partial charge is 0.254 e. The Hall–Kier alpha value is -1.43. The summed E-state index contributed by atoms with van der Waals surface area (Å²) in [6, 6.07) is 6.46. The molecule has 2 heterocycles. The van der Waals surface area contributed by atoms with E-state index >= 15 is 0 Å². The van der Waals surface area contributed by atoms with Crippen molar-refractivity contribution in [2.45, 2.75) is 44.1 Å². The number of hydrogen-bond donors (Lipinski definition) is 1. The summed E-state index contributed by atoms with van der Waals surface area (Å²) in [7, 11) is 0. The van der Waals surface area contributed by atoms with Crippen LogP contribution >= 0.6 is 24.8 Å². The van der Waals surface area contributed by atoms with E-state index in [2.05, 4.69) is 4.98 Å². The number of pyridine rings is 1. The summed E-state index contributed by atoms with van der Waals surface area (Å²) < 4.78 is 13.8. The molecule has 1 aromatic heterocycles. The van der Waals surface area contributed by atoms with Gasteiger partial charge in [0, 0.05) is 36.1 Å². The SMILES string of the molecule is Cl.Cl.NCC1CCCCN1C(=O)c1cc(C2CC2)nc2ccc(F)cc12. The Bertz CT molecular complexity index is 798. The van der Waals surface area contributed by atoms with Crippen LogP contribution in [-0.2, 0) is 0 Å². The van der Waals surface area contributed by atoms with Crippen molar-refractivity contribution in [3.05, 3.63) is 41.3 Å². The number of nitrogens with zero attached hydrogens (tertiary/aromatic N) is 2. The number of rotatable bonds is 3. The minimum Gasteiger partial charge on any atom is -0.334 e. The van der Waals surface area contributed by atoms with Crippen LogP contribution in [0.15, 0.2) is 24.3 Å². The van der Waals surface area contributed by atoms with Gasteiger partial charge in [-0.15, -0.1) is 24.8 Å². The number of halogens is 3. The summed E-state index contributed by atoms with van der Waals surface area (Å²) in [5, 5.41) is 0.603. The van der Waals surface area contributed by atoms with E-state index in [1.165, 1.54) is 12.1 Å². The van der Waals surface area contributed by atoms with Gasteiger partial charge in [-0.25, -0.2) is 4.39 Å². The highest BCUT2D eigenvalue weighted by molar-refractivity contribution is 6.06. The van der Waals surface area contributed by atoms with E-state index in [0.29, 0.717) is 28.9 Å². The van der Waals surface area contributed by atoms with E-state index in [0.717, 1.165) is 44.3 Å². The van der Waals surface area contributed by atoms with Crippen LogP contribution < -0.4 is 5.73 Å². The lowest BCUT2D eigenvalue weighted by Crippen LogP contribution is -2.47. The van der Waals surface area contributed by atoms with Crippen molar-refractivity contribution in [1.82, 2.24) is 9.88 Å². The minimum absolute atomic E-state index is 0. The summed E-state index contributed by atoms with van der Waals surface area (Å²) in [5.74, 6) is 0.0641. The zero-order valence-electron chi connectivity index (χ0n) is 14.5. The van der Waals surface area contributed by atoms with Crippen molar-refractivity contribution in [2.24, 2.45) is 5.73 Å². The van der Waals surface area contributed by atoms with E-state index in [1.807, 2.05) is 11.0 Å². The van der Waals surface area contributed by atoms with Gasteiger partial charge in [-0.3, -0.25) is 9.78 Å². The molecule has 0 bridgehead atoms. The molecule has 2 N–H and O–H groups in total. The predicted octanol–water partition coefficient (Wildman–Crippen LogP) is 4.05. The van der Waals surface area contributed by atoms with Crippen molar-refractivity contribution >= 4 is 41.6 Å². The molecule has 1 amide bonds. The molecular formula is C19H24Cl2FN3O.